The number of fused-ring (bicyclic) bond motifs is 1. The lowest BCUT2D eigenvalue weighted by Crippen LogP contribution is -2.56. The van der Waals surface area contributed by atoms with Gasteiger partial charge in [-0.2, -0.15) is 0 Å². The van der Waals surface area contributed by atoms with Crippen LogP contribution in [0.5, 0.6) is 0 Å². The highest BCUT2D eigenvalue weighted by Gasteiger charge is 2.32. The maximum Gasteiger partial charge on any atom is 0.259 e. The molecule has 0 radical (unpaired) electrons. The lowest BCUT2D eigenvalue weighted by molar-refractivity contribution is -0.146. The van der Waals surface area contributed by atoms with Crippen molar-refractivity contribution < 1.29 is 9.59 Å². The van der Waals surface area contributed by atoms with Crippen molar-refractivity contribution in [3.05, 3.63) is 70.4 Å². The number of hydrogen-bond acceptors (Lipinski definition) is 5. The van der Waals surface area contributed by atoms with Gasteiger partial charge in [0.15, 0.2) is 0 Å². The fourth-order valence-corrected chi connectivity index (χ4v) is 4.40. The first-order valence-corrected chi connectivity index (χ1v) is 11.2. The van der Waals surface area contributed by atoms with Gasteiger partial charge < -0.3 is 10.2 Å². The molecular weight excluding hydrogens is 408 g/mol. The van der Waals surface area contributed by atoms with Gasteiger partial charge in [0.1, 0.15) is 6.04 Å². The molecule has 2 amide bonds. The number of benzene rings is 2. The lowest BCUT2D eigenvalue weighted by Gasteiger charge is -2.32. The largest absolute Gasteiger partial charge is 0.332 e. The van der Waals surface area contributed by atoms with E-state index in [1.54, 1.807) is 44.4 Å². The molecule has 0 spiro atoms. The average Bonchev–Trinajstić information content (AvgIpc) is 3.32. The van der Waals surface area contributed by atoms with Crippen LogP contribution in [0.2, 0.25) is 0 Å². The summed E-state index contributed by atoms with van der Waals surface area (Å²) in [5, 5.41) is 8.88. The molecule has 0 aliphatic heterocycles. The Bertz CT molecular complexity index is 1020. The molecule has 0 unspecified atom stereocenters. The van der Waals surface area contributed by atoms with Crippen molar-refractivity contribution in [1.29, 1.82) is 0 Å². The first-order chi connectivity index (χ1) is 14.9. The number of carbonyl (C=O) groups excluding carboxylic acids is 2. The van der Waals surface area contributed by atoms with Crippen molar-refractivity contribution in [2.75, 3.05) is 28.2 Å². The molecule has 0 fully saturated rings. The summed E-state index contributed by atoms with van der Waals surface area (Å²) in [6.07, 6.45) is 1.03. The summed E-state index contributed by atoms with van der Waals surface area (Å²) in [7, 11) is 6.87. The third-order valence-electron chi connectivity index (χ3n) is 5.64. The molecule has 2 atom stereocenters. The Labute approximate surface area is 187 Å². The van der Waals surface area contributed by atoms with E-state index >= 15 is 0 Å². The van der Waals surface area contributed by atoms with Crippen LogP contribution in [0, 0.1) is 0 Å². The van der Waals surface area contributed by atoms with E-state index < -0.39 is 12.1 Å². The van der Waals surface area contributed by atoms with Crippen LogP contribution < -0.4 is 10.7 Å². The second-order valence-corrected chi connectivity index (χ2v) is 8.63. The normalized spacial score (nSPS) is 13.0. The molecule has 3 rings (SSSR count). The molecule has 2 aromatic carbocycles. The van der Waals surface area contributed by atoms with Gasteiger partial charge in [-0.1, -0.05) is 48.5 Å². The van der Waals surface area contributed by atoms with E-state index in [0.29, 0.717) is 12.8 Å². The molecule has 1 aromatic heterocycles. The van der Waals surface area contributed by atoms with Crippen LogP contribution in [0.3, 0.4) is 0 Å². The summed E-state index contributed by atoms with van der Waals surface area (Å²) in [6.45, 7) is 0. The maximum atomic E-state index is 13.4. The molecular formula is C24H30N4O2S. The molecule has 0 saturated heterocycles. The van der Waals surface area contributed by atoms with Gasteiger partial charge in [0.05, 0.1) is 6.04 Å². The second kappa shape index (κ2) is 10.5. The monoisotopic (exact) mass is 438 g/mol. The van der Waals surface area contributed by atoms with Gasteiger partial charge in [-0.3, -0.25) is 14.6 Å². The van der Waals surface area contributed by atoms with Crippen molar-refractivity contribution in [2.24, 2.45) is 0 Å². The molecule has 2 N–H and O–H groups in total. The van der Waals surface area contributed by atoms with Crippen LogP contribution in [0.15, 0.2) is 60.0 Å². The summed E-state index contributed by atoms with van der Waals surface area (Å²) in [4.78, 5) is 29.1. The van der Waals surface area contributed by atoms with Crippen molar-refractivity contribution in [2.45, 2.75) is 24.9 Å². The minimum absolute atomic E-state index is 0.102. The van der Waals surface area contributed by atoms with Gasteiger partial charge in [0.2, 0.25) is 5.91 Å². The van der Waals surface area contributed by atoms with E-state index in [2.05, 4.69) is 41.1 Å². The summed E-state index contributed by atoms with van der Waals surface area (Å²) < 4.78 is 0. The highest BCUT2D eigenvalue weighted by atomic mass is 32.1. The SMILES string of the molecule is CN[C@H](Cc1ccc2ccccc2c1)C(=O)N(C)[C@H](Cc1cccs1)C(=O)N(C)NC. The smallest absolute Gasteiger partial charge is 0.259 e. The van der Waals surface area contributed by atoms with Crippen molar-refractivity contribution >= 4 is 33.9 Å². The van der Waals surface area contributed by atoms with Gasteiger partial charge >= 0.3 is 0 Å². The second-order valence-electron chi connectivity index (χ2n) is 7.60. The summed E-state index contributed by atoms with van der Waals surface area (Å²) in [6, 6.07) is 17.4. The minimum atomic E-state index is -0.587. The third-order valence-corrected chi connectivity index (χ3v) is 6.54. The summed E-state index contributed by atoms with van der Waals surface area (Å²) in [5.74, 6) is -0.248. The molecule has 3 aromatic rings. The van der Waals surface area contributed by atoms with Crippen molar-refractivity contribution in [3.63, 3.8) is 0 Å². The van der Waals surface area contributed by atoms with Gasteiger partial charge in [0.25, 0.3) is 5.91 Å². The van der Waals surface area contributed by atoms with Crippen LogP contribution in [-0.4, -0.2) is 62.0 Å². The predicted octanol–water partition coefficient (Wildman–Crippen LogP) is 2.69. The van der Waals surface area contributed by atoms with Gasteiger partial charge in [0, 0.05) is 32.4 Å². The Kier molecular flexibility index (Phi) is 7.79. The molecule has 1 heterocycles. The molecule has 0 saturated carbocycles. The fraction of sp³-hybridized carbons (Fsp3) is 0.333. The van der Waals surface area contributed by atoms with Gasteiger partial charge in [-0.15, -0.1) is 11.3 Å². The zero-order chi connectivity index (χ0) is 22.4. The van der Waals surface area contributed by atoms with Crippen molar-refractivity contribution in [1.82, 2.24) is 20.7 Å². The highest BCUT2D eigenvalue weighted by molar-refractivity contribution is 7.09. The number of carbonyl (C=O) groups is 2. The van der Waals surface area contributed by atoms with Crippen LogP contribution in [0.4, 0.5) is 0 Å². The van der Waals surface area contributed by atoms with Crippen LogP contribution in [0.1, 0.15) is 10.4 Å². The number of amides is 2. The quantitative estimate of drug-likeness (QED) is 0.504. The standard InChI is InChI=1S/C24H30N4O2S/c1-25-21(15-17-11-12-18-8-5-6-9-19(18)14-17)23(29)27(3)22(24(30)28(4)26-2)16-20-10-7-13-31-20/h5-14,21-22,25-26H,15-16H2,1-4H3/t21-,22-/m1/s1. The number of rotatable bonds is 9. The average molecular weight is 439 g/mol. The zero-order valence-electron chi connectivity index (χ0n) is 18.5. The Balaban J connectivity index is 1.80. The number of nitrogens with one attached hydrogen (secondary N) is 2. The molecule has 164 valence electrons. The van der Waals surface area contributed by atoms with E-state index in [0.717, 1.165) is 15.8 Å². The Morgan fingerprint density at radius 3 is 2.32 bits per heavy atom. The Hall–Kier alpha value is -2.74. The van der Waals surface area contributed by atoms with Crippen molar-refractivity contribution in [3.8, 4) is 0 Å². The first-order valence-electron chi connectivity index (χ1n) is 10.3. The zero-order valence-corrected chi connectivity index (χ0v) is 19.3. The fourth-order valence-electron chi connectivity index (χ4n) is 3.66. The molecule has 7 heteroatoms. The predicted molar refractivity (Wildman–Crippen MR) is 127 cm³/mol. The topological polar surface area (TPSA) is 64.7 Å². The summed E-state index contributed by atoms with van der Waals surface area (Å²) >= 11 is 1.59. The molecule has 0 bridgehead atoms. The van der Waals surface area contributed by atoms with Crippen LogP contribution in [-0.2, 0) is 22.4 Å². The van der Waals surface area contributed by atoms with Crippen LogP contribution >= 0.6 is 11.3 Å². The van der Waals surface area contributed by atoms with Gasteiger partial charge in [-0.25, -0.2) is 5.43 Å². The first kappa shape index (κ1) is 22.9. The third kappa shape index (κ3) is 5.50. The van der Waals surface area contributed by atoms with E-state index in [9.17, 15) is 9.59 Å². The summed E-state index contributed by atoms with van der Waals surface area (Å²) in [5.41, 5.74) is 3.93. The number of hydrazine groups is 1. The number of nitrogens with zero attached hydrogens (tertiary/aromatic N) is 2. The van der Waals surface area contributed by atoms with Gasteiger partial charge in [-0.05, 0) is 41.3 Å². The van der Waals surface area contributed by atoms with E-state index in [-0.39, 0.29) is 11.8 Å². The number of hydrogen-bond donors (Lipinski definition) is 2. The Morgan fingerprint density at radius 2 is 1.68 bits per heavy atom. The number of likely N-dealkylation sites (N-methyl/N-ethyl adjacent to an activating group) is 3. The van der Waals surface area contributed by atoms with E-state index in [1.807, 2.05) is 29.6 Å². The molecule has 0 aliphatic rings. The van der Waals surface area contributed by atoms with Crippen LogP contribution in [0.25, 0.3) is 10.8 Å². The maximum absolute atomic E-state index is 13.4. The number of thiophene rings is 1. The minimum Gasteiger partial charge on any atom is -0.332 e. The molecule has 31 heavy (non-hydrogen) atoms. The van der Waals surface area contributed by atoms with E-state index in [4.69, 9.17) is 0 Å². The highest BCUT2D eigenvalue weighted by Crippen LogP contribution is 2.19. The van der Waals surface area contributed by atoms with E-state index in [1.165, 1.54) is 10.4 Å². The lowest BCUT2D eigenvalue weighted by atomic mass is 10.00. The molecule has 0 aliphatic carbocycles. The Morgan fingerprint density at radius 1 is 0.935 bits per heavy atom. The molecule has 6 nitrogen and oxygen atoms in total.